The zero-order chi connectivity index (χ0) is 16.4. The normalized spacial score (nSPS) is 16.8. The van der Waals surface area contributed by atoms with Crippen LogP contribution in [0.25, 0.3) is 0 Å². The smallest absolute Gasteiger partial charge is 0.227 e. The molecule has 5 nitrogen and oxygen atoms in total. The lowest BCUT2D eigenvalue weighted by atomic mass is 10.1. The molecule has 0 aliphatic carbocycles. The molecule has 1 aliphatic rings. The molecule has 0 bridgehead atoms. The van der Waals surface area contributed by atoms with Crippen LogP contribution in [0.1, 0.15) is 24.2 Å². The van der Waals surface area contributed by atoms with Gasteiger partial charge < -0.3 is 18.9 Å². The summed E-state index contributed by atoms with van der Waals surface area (Å²) in [6, 6.07) is 9.84. The number of ether oxygens (including phenoxy) is 2. The molecular weight excluding hydrogens is 292 g/mol. The van der Waals surface area contributed by atoms with Gasteiger partial charge in [-0.15, -0.1) is 0 Å². The van der Waals surface area contributed by atoms with Crippen LogP contribution in [-0.2, 0) is 17.8 Å². The van der Waals surface area contributed by atoms with Gasteiger partial charge in [0.15, 0.2) is 11.5 Å². The average molecular weight is 314 g/mol. The van der Waals surface area contributed by atoms with Gasteiger partial charge in [-0.25, -0.2) is 0 Å². The molecule has 0 spiro atoms. The monoisotopic (exact) mass is 314 g/mol. The molecular formula is C18H22N2O3. The van der Waals surface area contributed by atoms with Crippen molar-refractivity contribution in [3.63, 3.8) is 0 Å². The quantitative estimate of drug-likeness (QED) is 0.871. The number of hydrogen-bond acceptors (Lipinski definition) is 3. The van der Waals surface area contributed by atoms with E-state index >= 15 is 0 Å². The van der Waals surface area contributed by atoms with Crippen molar-refractivity contribution in [1.82, 2.24) is 9.47 Å². The van der Waals surface area contributed by atoms with Crippen LogP contribution in [0, 0.1) is 0 Å². The number of aromatic nitrogens is 1. The Labute approximate surface area is 136 Å². The zero-order valence-electron chi connectivity index (χ0n) is 13.8. The van der Waals surface area contributed by atoms with Crippen LogP contribution in [0.2, 0.25) is 0 Å². The number of benzene rings is 1. The molecule has 1 aromatic heterocycles. The summed E-state index contributed by atoms with van der Waals surface area (Å²) in [6.45, 7) is 3.68. The van der Waals surface area contributed by atoms with Crippen molar-refractivity contribution in [2.45, 2.75) is 25.9 Å². The molecule has 1 aromatic carbocycles. The van der Waals surface area contributed by atoms with E-state index in [1.807, 2.05) is 29.2 Å². The van der Waals surface area contributed by atoms with Crippen LogP contribution in [0.3, 0.4) is 0 Å². The lowest BCUT2D eigenvalue weighted by Gasteiger charge is -2.35. The van der Waals surface area contributed by atoms with Crippen LogP contribution in [0.4, 0.5) is 0 Å². The third-order valence-electron chi connectivity index (χ3n) is 4.47. The van der Waals surface area contributed by atoms with Crippen LogP contribution < -0.4 is 9.47 Å². The van der Waals surface area contributed by atoms with Crippen molar-refractivity contribution in [2.75, 3.05) is 20.8 Å². The molecule has 1 unspecified atom stereocenters. The summed E-state index contributed by atoms with van der Waals surface area (Å²) in [4.78, 5) is 14.7. The minimum atomic E-state index is 0.103. The van der Waals surface area contributed by atoms with E-state index in [-0.39, 0.29) is 11.9 Å². The summed E-state index contributed by atoms with van der Waals surface area (Å²) in [5.41, 5.74) is 2.12. The molecule has 3 rings (SSSR count). The fourth-order valence-electron chi connectivity index (χ4n) is 3.19. The van der Waals surface area contributed by atoms with Crippen LogP contribution in [0.15, 0.2) is 36.5 Å². The van der Waals surface area contributed by atoms with Gasteiger partial charge >= 0.3 is 0 Å². The maximum atomic E-state index is 12.7. The van der Waals surface area contributed by atoms with E-state index in [0.29, 0.717) is 17.9 Å². The molecule has 0 fully saturated rings. The molecule has 122 valence electrons. The summed E-state index contributed by atoms with van der Waals surface area (Å²) in [5.74, 6) is 1.46. The van der Waals surface area contributed by atoms with Gasteiger partial charge in [-0.05, 0) is 36.8 Å². The highest BCUT2D eigenvalue weighted by Crippen LogP contribution is 2.29. The molecule has 0 saturated heterocycles. The van der Waals surface area contributed by atoms with E-state index in [2.05, 4.69) is 23.8 Å². The van der Waals surface area contributed by atoms with Crippen LogP contribution in [-0.4, -0.2) is 36.1 Å². The number of carbonyl (C=O) groups is 1. The molecule has 1 amide bonds. The molecule has 0 N–H and O–H groups in total. The average Bonchev–Trinajstić information content (AvgIpc) is 3.04. The molecule has 1 aliphatic heterocycles. The van der Waals surface area contributed by atoms with Crippen molar-refractivity contribution in [3.8, 4) is 11.5 Å². The van der Waals surface area contributed by atoms with E-state index in [4.69, 9.17) is 9.47 Å². The Balaban J connectivity index is 1.75. The highest BCUT2D eigenvalue weighted by Gasteiger charge is 2.27. The van der Waals surface area contributed by atoms with Gasteiger partial charge in [-0.2, -0.15) is 0 Å². The molecule has 1 atom stereocenters. The number of hydrogen-bond donors (Lipinski definition) is 0. The topological polar surface area (TPSA) is 43.7 Å². The standard InChI is InChI=1S/C18H22N2O3/c1-13-15-5-4-8-19(15)9-10-20(13)18(21)12-14-6-7-16(22-2)17(11-14)23-3/h4-8,11,13H,9-10,12H2,1-3H3. The third kappa shape index (κ3) is 2.91. The van der Waals surface area contributed by atoms with Gasteiger partial charge in [0.1, 0.15) is 0 Å². The van der Waals surface area contributed by atoms with Crippen LogP contribution >= 0.6 is 0 Å². The Bertz CT molecular complexity index is 708. The molecule has 0 radical (unpaired) electrons. The molecule has 2 heterocycles. The fraction of sp³-hybridized carbons (Fsp3) is 0.389. The summed E-state index contributed by atoms with van der Waals surface area (Å²) in [7, 11) is 3.21. The number of methoxy groups -OCH3 is 2. The molecule has 0 saturated carbocycles. The molecule has 5 heteroatoms. The predicted molar refractivity (Wildman–Crippen MR) is 87.8 cm³/mol. The zero-order valence-corrected chi connectivity index (χ0v) is 13.8. The first-order chi connectivity index (χ1) is 11.1. The Morgan fingerprint density at radius 1 is 1.17 bits per heavy atom. The lowest BCUT2D eigenvalue weighted by Crippen LogP contribution is -2.41. The second kappa shape index (κ2) is 6.36. The molecule has 2 aromatic rings. The lowest BCUT2D eigenvalue weighted by molar-refractivity contribution is -0.133. The summed E-state index contributed by atoms with van der Waals surface area (Å²) in [5, 5.41) is 0. The van der Waals surface area contributed by atoms with Gasteiger partial charge in [0.25, 0.3) is 0 Å². The van der Waals surface area contributed by atoms with Gasteiger partial charge in [-0.3, -0.25) is 4.79 Å². The van der Waals surface area contributed by atoms with Crippen molar-refractivity contribution in [1.29, 1.82) is 0 Å². The molecule has 23 heavy (non-hydrogen) atoms. The number of fused-ring (bicyclic) bond motifs is 1. The van der Waals surface area contributed by atoms with E-state index < -0.39 is 0 Å². The van der Waals surface area contributed by atoms with E-state index in [0.717, 1.165) is 18.7 Å². The van der Waals surface area contributed by atoms with Gasteiger partial charge in [0.05, 0.1) is 26.7 Å². The number of carbonyl (C=O) groups excluding carboxylic acids is 1. The second-order valence-electron chi connectivity index (χ2n) is 5.76. The van der Waals surface area contributed by atoms with Crippen molar-refractivity contribution < 1.29 is 14.3 Å². The maximum Gasteiger partial charge on any atom is 0.227 e. The Kier molecular flexibility index (Phi) is 4.28. The Hall–Kier alpha value is -2.43. The number of rotatable bonds is 4. The predicted octanol–water partition coefficient (Wildman–Crippen LogP) is 2.65. The number of nitrogens with zero attached hydrogens (tertiary/aromatic N) is 2. The van der Waals surface area contributed by atoms with Gasteiger partial charge in [0, 0.05) is 25.0 Å². The van der Waals surface area contributed by atoms with Gasteiger partial charge in [-0.1, -0.05) is 6.07 Å². The summed E-state index contributed by atoms with van der Waals surface area (Å²) < 4.78 is 12.8. The second-order valence-corrected chi connectivity index (χ2v) is 5.76. The largest absolute Gasteiger partial charge is 0.493 e. The highest BCUT2D eigenvalue weighted by atomic mass is 16.5. The number of amides is 1. The Morgan fingerprint density at radius 3 is 2.70 bits per heavy atom. The van der Waals surface area contributed by atoms with E-state index in [9.17, 15) is 4.79 Å². The van der Waals surface area contributed by atoms with E-state index in [1.165, 1.54) is 5.69 Å². The maximum absolute atomic E-state index is 12.7. The van der Waals surface area contributed by atoms with Crippen LogP contribution in [0.5, 0.6) is 11.5 Å². The van der Waals surface area contributed by atoms with Crippen molar-refractivity contribution >= 4 is 5.91 Å². The Morgan fingerprint density at radius 2 is 1.96 bits per heavy atom. The first-order valence-electron chi connectivity index (χ1n) is 7.79. The van der Waals surface area contributed by atoms with Crippen molar-refractivity contribution in [3.05, 3.63) is 47.8 Å². The minimum Gasteiger partial charge on any atom is -0.493 e. The summed E-state index contributed by atoms with van der Waals surface area (Å²) >= 11 is 0. The first-order valence-corrected chi connectivity index (χ1v) is 7.79. The van der Waals surface area contributed by atoms with Crippen molar-refractivity contribution in [2.24, 2.45) is 0 Å². The minimum absolute atomic E-state index is 0.103. The van der Waals surface area contributed by atoms with Gasteiger partial charge in [0.2, 0.25) is 5.91 Å². The van der Waals surface area contributed by atoms with E-state index in [1.54, 1.807) is 14.2 Å². The SMILES string of the molecule is COc1ccc(CC(=O)N2CCn3cccc3C2C)cc1OC. The first kappa shape index (κ1) is 15.5. The summed E-state index contributed by atoms with van der Waals surface area (Å²) in [6.07, 6.45) is 2.44. The fourth-order valence-corrected chi connectivity index (χ4v) is 3.19. The third-order valence-corrected chi connectivity index (χ3v) is 4.47. The highest BCUT2D eigenvalue weighted by molar-refractivity contribution is 5.79.